The van der Waals surface area contributed by atoms with Gasteiger partial charge in [-0.25, -0.2) is 4.79 Å². The average molecular weight is 364 g/mol. The summed E-state index contributed by atoms with van der Waals surface area (Å²) in [7, 11) is 1.55. The largest absolute Gasteiger partial charge is 0.457 e. The van der Waals surface area contributed by atoms with Gasteiger partial charge in [-0.2, -0.15) is 0 Å². The Morgan fingerprint density at radius 1 is 1.31 bits per heavy atom. The van der Waals surface area contributed by atoms with Gasteiger partial charge >= 0.3 is 5.97 Å². The Kier molecular flexibility index (Phi) is 5.83. The third kappa shape index (κ3) is 4.50. The highest BCUT2D eigenvalue weighted by Crippen LogP contribution is 2.28. The molecule has 0 aromatic heterocycles. The molecule has 2 unspecified atom stereocenters. The summed E-state index contributed by atoms with van der Waals surface area (Å²) >= 11 is 0. The van der Waals surface area contributed by atoms with Gasteiger partial charge in [0.05, 0.1) is 11.5 Å². The number of hydrogen-bond acceptors (Lipinski definition) is 8. The van der Waals surface area contributed by atoms with Gasteiger partial charge < -0.3 is 25.0 Å². The van der Waals surface area contributed by atoms with Crippen LogP contribution >= 0.6 is 0 Å². The number of non-ortho nitro benzene ring substituents is 1. The van der Waals surface area contributed by atoms with Crippen molar-refractivity contribution < 1.29 is 19.2 Å². The van der Waals surface area contributed by atoms with Crippen LogP contribution in [0.1, 0.15) is 20.8 Å². The van der Waals surface area contributed by atoms with E-state index in [2.05, 4.69) is 0 Å². The Bertz CT molecular complexity index is 683. The zero-order valence-electron chi connectivity index (χ0n) is 15.3. The van der Waals surface area contributed by atoms with Gasteiger partial charge in [0.15, 0.2) is 6.17 Å². The van der Waals surface area contributed by atoms with Crippen LogP contribution in [0.2, 0.25) is 0 Å². The minimum absolute atomic E-state index is 0.00234. The standard InChI is InChI=1S/C17H24N4O5/c1-17(2,3)26-16(22)15(18)20-10-9-19(14(20)11-25-4)12-5-7-13(8-6-12)21(23)24/h5-10,14-15H,11,18H2,1-4H3. The maximum Gasteiger partial charge on any atom is 0.344 e. The summed E-state index contributed by atoms with van der Waals surface area (Å²) in [5.41, 5.74) is 6.16. The van der Waals surface area contributed by atoms with E-state index in [1.807, 2.05) is 4.90 Å². The van der Waals surface area contributed by atoms with Crippen molar-refractivity contribution in [1.29, 1.82) is 0 Å². The molecule has 26 heavy (non-hydrogen) atoms. The molecule has 1 aliphatic rings. The van der Waals surface area contributed by atoms with E-state index in [1.54, 1.807) is 57.3 Å². The zero-order chi connectivity index (χ0) is 19.5. The molecular formula is C17H24N4O5. The van der Waals surface area contributed by atoms with Crippen molar-refractivity contribution in [2.45, 2.75) is 38.7 Å². The number of benzene rings is 1. The van der Waals surface area contributed by atoms with Crippen LogP contribution in [0.3, 0.4) is 0 Å². The Hall–Kier alpha value is -2.65. The van der Waals surface area contributed by atoms with Crippen molar-refractivity contribution in [1.82, 2.24) is 4.90 Å². The Labute approximate surface area is 152 Å². The van der Waals surface area contributed by atoms with Crippen LogP contribution in [0, 0.1) is 10.1 Å². The number of nitro groups is 1. The number of carbonyl (C=O) groups excluding carboxylic acids is 1. The lowest BCUT2D eigenvalue weighted by Crippen LogP contribution is -2.54. The number of carbonyl (C=O) groups is 1. The van der Waals surface area contributed by atoms with Crippen molar-refractivity contribution >= 4 is 17.3 Å². The second-order valence-corrected chi connectivity index (χ2v) is 6.84. The molecule has 2 N–H and O–H groups in total. The summed E-state index contributed by atoms with van der Waals surface area (Å²) in [6.45, 7) is 5.58. The van der Waals surface area contributed by atoms with E-state index < -0.39 is 22.7 Å². The van der Waals surface area contributed by atoms with Crippen LogP contribution in [0.25, 0.3) is 0 Å². The fraction of sp³-hybridized carbons (Fsp3) is 0.471. The third-order valence-corrected chi connectivity index (χ3v) is 3.71. The maximum atomic E-state index is 12.3. The lowest BCUT2D eigenvalue weighted by molar-refractivity contribution is -0.384. The second-order valence-electron chi connectivity index (χ2n) is 6.84. The van der Waals surface area contributed by atoms with Crippen LogP contribution in [-0.4, -0.2) is 47.4 Å². The first-order valence-corrected chi connectivity index (χ1v) is 8.10. The van der Waals surface area contributed by atoms with E-state index in [1.165, 1.54) is 12.1 Å². The summed E-state index contributed by atoms with van der Waals surface area (Å²) in [4.78, 5) is 26.1. The van der Waals surface area contributed by atoms with Gasteiger partial charge in [0, 0.05) is 37.3 Å². The molecule has 0 aliphatic carbocycles. The minimum atomic E-state index is -1.01. The van der Waals surface area contributed by atoms with Crippen molar-refractivity contribution in [3.63, 3.8) is 0 Å². The molecule has 0 fully saturated rings. The van der Waals surface area contributed by atoms with Crippen LogP contribution in [-0.2, 0) is 14.3 Å². The molecule has 0 radical (unpaired) electrons. The van der Waals surface area contributed by atoms with Crippen molar-refractivity contribution in [2.75, 3.05) is 18.6 Å². The molecule has 0 saturated carbocycles. The van der Waals surface area contributed by atoms with Gasteiger partial charge in [-0.05, 0) is 32.9 Å². The monoisotopic (exact) mass is 364 g/mol. The van der Waals surface area contributed by atoms with E-state index >= 15 is 0 Å². The van der Waals surface area contributed by atoms with Gasteiger partial charge in [-0.15, -0.1) is 0 Å². The van der Waals surface area contributed by atoms with Gasteiger partial charge in [-0.1, -0.05) is 0 Å². The molecule has 142 valence electrons. The van der Waals surface area contributed by atoms with Crippen LogP contribution < -0.4 is 10.6 Å². The normalized spacial score (nSPS) is 18.1. The number of nitrogens with two attached hydrogens (primary N) is 1. The summed E-state index contributed by atoms with van der Waals surface area (Å²) in [5, 5.41) is 10.8. The number of ether oxygens (including phenoxy) is 2. The number of nitro benzene ring substituents is 1. The first-order chi connectivity index (χ1) is 12.1. The second kappa shape index (κ2) is 7.71. The quantitative estimate of drug-likeness (QED) is 0.462. The smallest absolute Gasteiger partial charge is 0.344 e. The van der Waals surface area contributed by atoms with Crippen molar-refractivity contribution in [2.24, 2.45) is 5.73 Å². The highest BCUT2D eigenvalue weighted by molar-refractivity contribution is 5.76. The molecule has 1 aliphatic heterocycles. The third-order valence-electron chi connectivity index (χ3n) is 3.71. The molecule has 1 aromatic carbocycles. The molecule has 1 aromatic rings. The lowest BCUT2D eigenvalue weighted by atomic mass is 10.2. The van der Waals surface area contributed by atoms with E-state index in [9.17, 15) is 14.9 Å². The topological polar surface area (TPSA) is 111 Å². The summed E-state index contributed by atoms with van der Waals surface area (Å²) in [5.74, 6) is -0.547. The van der Waals surface area contributed by atoms with Crippen LogP contribution in [0.15, 0.2) is 36.7 Å². The predicted octanol–water partition coefficient (Wildman–Crippen LogP) is 1.79. The van der Waals surface area contributed by atoms with E-state index in [0.717, 1.165) is 0 Å². The fourth-order valence-electron chi connectivity index (χ4n) is 2.57. The molecular weight excluding hydrogens is 340 g/mol. The molecule has 0 spiro atoms. The molecule has 2 rings (SSSR count). The fourth-order valence-corrected chi connectivity index (χ4v) is 2.57. The first-order valence-electron chi connectivity index (χ1n) is 8.10. The van der Waals surface area contributed by atoms with E-state index in [0.29, 0.717) is 5.69 Å². The molecule has 0 saturated heterocycles. The number of methoxy groups -OCH3 is 1. The number of rotatable bonds is 6. The van der Waals surface area contributed by atoms with Crippen LogP contribution in [0.4, 0.5) is 11.4 Å². The highest BCUT2D eigenvalue weighted by Gasteiger charge is 2.36. The van der Waals surface area contributed by atoms with E-state index in [4.69, 9.17) is 15.2 Å². The van der Waals surface area contributed by atoms with Gasteiger partial charge in [0.25, 0.3) is 5.69 Å². The molecule has 0 bridgehead atoms. The zero-order valence-corrected chi connectivity index (χ0v) is 15.3. The van der Waals surface area contributed by atoms with Crippen LogP contribution in [0.5, 0.6) is 0 Å². The number of hydrogen-bond donors (Lipinski definition) is 1. The number of nitrogens with zero attached hydrogens (tertiary/aromatic N) is 3. The van der Waals surface area contributed by atoms with Gasteiger partial charge in [0.2, 0.25) is 0 Å². The molecule has 9 nitrogen and oxygen atoms in total. The first kappa shape index (κ1) is 19.7. The molecule has 9 heteroatoms. The van der Waals surface area contributed by atoms with Crippen molar-refractivity contribution in [3.05, 3.63) is 46.8 Å². The molecule has 2 atom stereocenters. The summed E-state index contributed by atoms with van der Waals surface area (Å²) < 4.78 is 10.6. The summed E-state index contributed by atoms with van der Waals surface area (Å²) in [6, 6.07) is 6.11. The summed E-state index contributed by atoms with van der Waals surface area (Å²) in [6.07, 6.45) is 2.03. The van der Waals surface area contributed by atoms with E-state index in [-0.39, 0.29) is 18.5 Å². The van der Waals surface area contributed by atoms with Gasteiger partial charge in [-0.3, -0.25) is 10.1 Å². The number of anilines is 1. The Balaban J connectivity index is 2.19. The minimum Gasteiger partial charge on any atom is -0.457 e. The molecule has 0 amide bonds. The van der Waals surface area contributed by atoms with Gasteiger partial charge in [0.1, 0.15) is 11.8 Å². The number of esters is 1. The Morgan fingerprint density at radius 2 is 1.92 bits per heavy atom. The average Bonchev–Trinajstić information content (AvgIpc) is 2.96. The molecule has 1 heterocycles. The highest BCUT2D eigenvalue weighted by atomic mass is 16.6. The SMILES string of the molecule is COCC1N(c2ccc([N+](=O)[O-])cc2)C=CN1C(N)C(=O)OC(C)(C)C. The van der Waals surface area contributed by atoms with Crippen molar-refractivity contribution in [3.8, 4) is 0 Å². The Morgan fingerprint density at radius 3 is 2.42 bits per heavy atom. The predicted molar refractivity (Wildman–Crippen MR) is 96.0 cm³/mol. The maximum absolute atomic E-state index is 12.3. The lowest BCUT2D eigenvalue weighted by Gasteiger charge is -2.35.